The normalized spacial score (nSPS) is 17.4. The van der Waals surface area contributed by atoms with E-state index < -0.39 is 0 Å². The van der Waals surface area contributed by atoms with E-state index in [2.05, 4.69) is 72.5 Å². The summed E-state index contributed by atoms with van der Waals surface area (Å²) < 4.78 is 0. The fourth-order valence-electron chi connectivity index (χ4n) is 3.60. The summed E-state index contributed by atoms with van der Waals surface area (Å²) in [6.07, 6.45) is 6.79. The third-order valence-corrected chi connectivity index (χ3v) is 4.72. The van der Waals surface area contributed by atoms with Gasteiger partial charge >= 0.3 is 0 Å². The highest BCUT2D eigenvalue weighted by Crippen LogP contribution is 2.34. The Bertz CT molecular complexity index is 528. The van der Waals surface area contributed by atoms with Gasteiger partial charge in [-0.1, -0.05) is 67.8 Å². The van der Waals surface area contributed by atoms with E-state index in [0.29, 0.717) is 12.1 Å². The summed E-state index contributed by atoms with van der Waals surface area (Å²) in [4.78, 5) is 2.65. The second-order valence-corrected chi connectivity index (χ2v) is 6.12. The molecule has 0 amide bonds. The molecule has 110 valence electrons. The standard InChI is InChI=1S/C20H25N/c1-17(18-11-5-2-6-12-18)21(19-13-7-3-8-14-19)20-15-9-4-10-16-20/h2-3,5-8,11-14,17,20H,4,9-10,15-16H2,1H3. The van der Waals surface area contributed by atoms with Crippen molar-refractivity contribution in [2.24, 2.45) is 0 Å². The molecule has 0 heterocycles. The van der Waals surface area contributed by atoms with Crippen LogP contribution in [0.4, 0.5) is 5.69 Å². The van der Waals surface area contributed by atoms with E-state index in [4.69, 9.17) is 0 Å². The molecule has 0 aliphatic heterocycles. The number of anilines is 1. The average Bonchev–Trinajstić information content (AvgIpc) is 2.58. The van der Waals surface area contributed by atoms with Crippen molar-refractivity contribution in [2.75, 3.05) is 4.90 Å². The van der Waals surface area contributed by atoms with Crippen LogP contribution in [0.2, 0.25) is 0 Å². The highest BCUT2D eigenvalue weighted by Gasteiger charge is 2.26. The molecule has 21 heavy (non-hydrogen) atoms. The molecule has 0 aromatic heterocycles. The van der Waals surface area contributed by atoms with E-state index in [9.17, 15) is 0 Å². The van der Waals surface area contributed by atoms with Crippen LogP contribution in [-0.2, 0) is 0 Å². The van der Waals surface area contributed by atoms with Crippen molar-refractivity contribution in [3.05, 3.63) is 66.2 Å². The molecule has 0 N–H and O–H groups in total. The monoisotopic (exact) mass is 279 g/mol. The summed E-state index contributed by atoms with van der Waals surface area (Å²) in [6.45, 7) is 2.34. The minimum absolute atomic E-state index is 0.427. The second kappa shape index (κ2) is 6.80. The van der Waals surface area contributed by atoms with Gasteiger partial charge in [0.25, 0.3) is 0 Å². The van der Waals surface area contributed by atoms with Crippen molar-refractivity contribution in [1.29, 1.82) is 0 Å². The number of hydrogen-bond donors (Lipinski definition) is 0. The molecule has 1 aliphatic rings. The lowest BCUT2D eigenvalue weighted by Gasteiger charge is -2.40. The Balaban J connectivity index is 1.92. The Hall–Kier alpha value is -1.76. The van der Waals surface area contributed by atoms with E-state index in [1.807, 2.05) is 0 Å². The van der Waals surface area contributed by atoms with Gasteiger partial charge in [0.2, 0.25) is 0 Å². The van der Waals surface area contributed by atoms with Gasteiger partial charge in [-0.3, -0.25) is 0 Å². The van der Waals surface area contributed by atoms with E-state index in [-0.39, 0.29) is 0 Å². The molecular weight excluding hydrogens is 254 g/mol. The maximum atomic E-state index is 2.65. The quantitative estimate of drug-likeness (QED) is 0.705. The minimum atomic E-state index is 0.427. The van der Waals surface area contributed by atoms with Crippen LogP contribution in [0, 0.1) is 0 Å². The Morgan fingerprint density at radius 1 is 0.810 bits per heavy atom. The lowest BCUT2D eigenvalue weighted by Crippen LogP contribution is -2.38. The van der Waals surface area contributed by atoms with Crippen molar-refractivity contribution < 1.29 is 0 Å². The zero-order chi connectivity index (χ0) is 14.5. The summed E-state index contributed by atoms with van der Waals surface area (Å²) in [7, 11) is 0. The molecule has 3 rings (SSSR count). The molecule has 1 atom stereocenters. The fraction of sp³-hybridized carbons (Fsp3) is 0.400. The molecule has 1 nitrogen and oxygen atoms in total. The van der Waals surface area contributed by atoms with Crippen LogP contribution >= 0.6 is 0 Å². The first-order valence-electron chi connectivity index (χ1n) is 8.24. The van der Waals surface area contributed by atoms with Crippen LogP contribution in [-0.4, -0.2) is 6.04 Å². The highest BCUT2D eigenvalue weighted by molar-refractivity contribution is 5.49. The van der Waals surface area contributed by atoms with Crippen LogP contribution < -0.4 is 4.90 Å². The second-order valence-electron chi connectivity index (χ2n) is 6.12. The number of hydrogen-bond acceptors (Lipinski definition) is 1. The van der Waals surface area contributed by atoms with Gasteiger partial charge in [-0.2, -0.15) is 0 Å². The van der Waals surface area contributed by atoms with Gasteiger partial charge in [-0.25, -0.2) is 0 Å². The van der Waals surface area contributed by atoms with Gasteiger partial charge in [0, 0.05) is 11.7 Å². The Morgan fingerprint density at radius 2 is 1.38 bits per heavy atom. The van der Waals surface area contributed by atoms with Crippen LogP contribution in [0.25, 0.3) is 0 Å². The maximum Gasteiger partial charge on any atom is 0.0517 e. The van der Waals surface area contributed by atoms with E-state index in [1.165, 1.54) is 43.4 Å². The lowest BCUT2D eigenvalue weighted by molar-refractivity contribution is 0.395. The molecule has 2 aromatic rings. The van der Waals surface area contributed by atoms with Gasteiger partial charge in [-0.05, 0) is 37.5 Å². The van der Waals surface area contributed by atoms with E-state index in [0.717, 1.165) is 0 Å². The largest absolute Gasteiger partial charge is 0.362 e. The fourth-order valence-corrected chi connectivity index (χ4v) is 3.60. The predicted octanol–water partition coefficient (Wildman–Crippen LogP) is 5.59. The molecular formula is C20H25N. The van der Waals surface area contributed by atoms with Crippen LogP contribution in [0.3, 0.4) is 0 Å². The number of rotatable bonds is 4. The lowest BCUT2D eigenvalue weighted by atomic mass is 9.91. The maximum absolute atomic E-state index is 2.65. The van der Waals surface area contributed by atoms with Crippen LogP contribution in [0.5, 0.6) is 0 Å². The highest BCUT2D eigenvalue weighted by atomic mass is 15.2. The topological polar surface area (TPSA) is 3.24 Å². The van der Waals surface area contributed by atoms with Gasteiger partial charge < -0.3 is 4.90 Å². The van der Waals surface area contributed by atoms with Crippen molar-refractivity contribution >= 4 is 5.69 Å². The zero-order valence-corrected chi connectivity index (χ0v) is 12.9. The summed E-state index contributed by atoms with van der Waals surface area (Å²) in [6, 6.07) is 22.9. The molecule has 1 saturated carbocycles. The molecule has 1 unspecified atom stereocenters. The minimum Gasteiger partial charge on any atom is -0.362 e. The Morgan fingerprint density at radius 3 is 2.00 bits per heavy atom. The van der Waals surface area contributed by atoms with Crippen LogP contribution in [0.1, 0.15) is 50.6 Å². The number of benzene rings is 2. The van der Waals surface area contributed by atoms with Crippen molar-refractivity contribution in [3.63, 3.8) is 0 Å². The van der Waals surface area contributed by atoms with Crippen molar-refractivity contribution in [1.82, 2.24) is 0 Å². The molecule has 0 bridgehead atoms. The smallest absolute Gasteiger partial charge is 0.0517 e. The Labute approximate surface area is 128 Å². The van der Waals surface area contributed by atoms with E-state index in [1.54, 1.807) is 0 Å². The SMILES string of the molecule is CC(c1ccccc1)N(c1ccccc1)C1CCCCC1. The first kappa shape index (κ1) is 14.2. The molecule has 1 heteroatoms. The number of para-hydroxylation sites is 1. The van der Waals surface area contributed by atoms with E-state index >= 15 is 0 Å². The molecule has 2 aromatic carbocycles. The van der Waals surface area contributed by atoms with Crippen molar-refractivity contribution in [2.45, 2.75) is 51.1 Å². The first-order valence-corrected chi connectivity index (χ1v) is 8.24. The summed E-state index contributed by atoms with van der Waals surface area (Å²) in [5.74, 6) is 0. The zero-order valence-electron chi connectivity index (χ0n) is 12.9. The van der Waals surface area contributed by atoms with Crippen LogP contribution in [0.15, 0.2) is 60.7 Å². The molecule has 0 spiro atoms. The molecule has 1 aliphatic carbocycles. The summed E-state index contributed by atoms with van der Waals surface area (Å²) in [5.41, 5.74) is 2.77. The third kappa shape index (κ3) is 3.29. The van der Waals surface area contributed by atoms with Gasteiger partial charge in [0.05, 0.1) is 6.04 Å². The Kier molecular flexibility index (Phi) is 4.59. The summed E-state index contributed by atoms with van der Waals surface area (Å²) >= 11 is 0. The first-order chi connectivity index (χ1) is 10.4. The molecule has 1 fully saturated rings. The number of nitrogens with zero attached hydrogens (tertiary/aromatic N) is 1. The van der Waals surface area contributed by atoms with Gasteiger partial charge in [-0.15, -0.1) is 0 Å². The molecule has 0 radical (unpaired) electrons. The average molecular weight is 279 g/mol. The van der Waals surface area contributed by atoms with Gasteiger partial charge in [0.15, 0.2) is 0 Å². The summed E-state index contributed by atoms with van der Waals surface area (Å²) in [5, 5.41) is 0. The van der Waals surface area contributed by atoms with Crippen molar-refractivity contribution in [3.8, 4) is 0 Å². The van der Waals surface area contributed by atoms with Gasteiger partial charge in [0.1, 0.15) is 0 Å². The predicted molar refractivity (Wildman–Crippen MR) is 90.7 cm³/mol. The third-order valence-electron chi connectivity index (χ3n) is 4.72. The molecule has 0 saturated heterocycles.